The number of nitrogen functional groups attached to an aromatic ring is 1. The molecule has 0 aliphatic carbocycles. The summed E-state index contributed by atoms with van der Waals surface area (Å²) in [6, 6.07) is 0. The topological polar surface area (TPSA) is 87.0 Å². The summed E-state index contributed by atoms with van der Waals surface area (Å²) in [5.41, 5.74) is 7.69. The van der Waals surface area contributed by atoms with Gasteiger partial charge < -0.3 is 16.0 Å². The van der Waals surface area contributed by atoms with Crippen LogP contribution in [0.1, 0.15) is 42.9 Å². The second-order valence-electron chi connectivity index (χ2n) is 6.11. The average Bonchev–Trinajstić information content (AvgIpc) is 2.81. The van der Waals surface area contributed by atoms with Gasteiger partial charge in [0.05, 0.1) is 11.4 Å². The first kappa shape index (κ1) is 14.8. The summed E-state index contributed by atoms with van der Waals surface area (Å²) in [5, 5.41) is 9.81. The molecule has 0 spiro atoms. The van der Waals surface area contributed by atoms with Crippen LogP contribution in [0.4, 0.5) is 5.69 Å². The number of likely N-dealkylation sites (tertiary alicyclic amines) is 1. The summed E-state index contributed by atoms with van der Waals surface area (Å²) >= 11 is 0. The lowest BCUT2D eigenvalue weighted by Crippen LogP contribution is -2.43. The number of hydrogen-bond donors (Lipinski definition) is 3. The standard InChI is InChI=1S/C14H25N5O/c1-4-10-11(15)12(18-17-10)13(20)16-9-14(2)5-7-19(3)8-6-14/h4-9,15H2,1-3H3,(H,16,20)(H,17,18). The first-order valence-corrected chi connectivity index (χ1v) is 7.24. The summed E-state index contributed by atoms with van der Waals surface area (Å²) in [4.78, 5) is 14.5. The highest BCUT2D eigenvalue weighted by atomic mass is 16.1. The van der Waals surface area contributed by atoms with Crippen LogP contribution < -0.4 is 11.1 Å². The normalized spacial score (nSPS) is 18.9. The molecular weight excluding hydrogens is 254 g/mol. The molecule has 1 aliphatic rings. The van der Waals surface area contributed by atoms with Crippen molar-refractivity contribution in [3.63, 3.8) is 0 Å². The Kier molecular flexibility index (Phi) is 4.32. The van der Waals surface area contributed by atoms with E-state index in [4.69, 9.17) is 5.73 Å². The Balaban J connectivity index is 1.93. The number of nitrogens with one attached hydrogen (secondary N) is 2. The molecule has 0 radical (unpaired) electrons. The number of aryl methyl sites for hydroxylation is 1. The van der Waals surface area contributed by atoms with Crippen LogP contribution in [-0.2, 0) is 6.42 Å². The molecular formula is C14H25N5O. The van der Waals surface area contributed by atoms with Gasteiger partial charge in [0.25, 0.3) is 5.91 Å². The zero-order valence-corrected chi connectivity index (χ0v) is 12.6. The number of aromatic amines is 1. The van der Waals surface area contributed by atoms with Crippen molar-refractivity contribution in [2.24, 2.45) is 5.41 Å². The molecule has 0 unspecified atom stereocenters. The van der Waals surface area contributed by atoms with E-state index in [1.54, 1.807) is 0 Å². The van der Waals surface area contributed by atoms with Gasteiger partial charge >= 0.3 is 0 Å². The number of piperidine rings is 1. The van der Waals surface area contributed by atoms with Gasteiger partial charge in [0, 0.05) is 6.54 Å². The first-order chi connectivity index (χ1) is 9.45. The number of H-pyrrole nitrogens is 1. The quantitative estimate of drug-likeness (QED) is 0.768. The van der Waals surface area contributed by atoms with E-state index in [1.807, 2.05) is 6.92 Å². The molecule has 0 bridgehead atoms. The van der Waals surface area contributed by atoms with Crippen molar-refractivity contribution in [1.29, 1.82) is 0 Å². The number of carbonyl (C=O) groups is 1. The Labute approximate surface area is 120 Å². The monoisotopic (exact) mass is 279 g/mol. The highest BCUT2D eigenvalue weighted by Gasteiger charge is 2.29. The van der Waals surface area contributed by atoms with Crippen LogP contribution in [-0.4, -0.2) is 47.7 Å². The van der Waals surface area contributed by atoms with Crippen molar-refractivity contribution in [1.82, 2.24) is 20.4 Å². The molecule has 6 heteroatoms. The smallest absolute Gasteiger partial charge is 0.273 e. The summed E-state index contributed by atoms with van der Waals surface area (Å²) in [6.07, 6.45) is 2.94. The molecule has 6 nitrogen and oxygen atoms in total. The van der Waals surface area contributed by atoms with Crippen LogP contribution in [0.25, 0.3) is 0 Å². The molecule has 1 saturated heterocycles. The molecule has 0 aromatic carbocycles. The molecule has 0 saturated carbocycles. The zero-order chi connectivity index (χ0) is 14.8. The maximum absolute atomic E-state index is 12.2. The third kappa shape index (κ3) is 3.12. The average molecular weight is 279 g/mol. The first-order valence-electron chi connectivity index (χ1n) is 7.24. The summed E-state index contributed by atoms with van der Waals surface area (Å²) < 4.78 is 0. The summed E-state index contributed by atoms with van der Waals surface area (Å²) in [7, 11) is 2.13. The molecule has 0 atom stereocenters. The Bertz CT molecular complexity index is 474. The largest absolute Gasteiger partial charge is 0.395 e. The molecule has 1 amide bonds. The van der Waals surface area contributed by atoms with E-state index in [2.05, 4.69) is 34.4 Å². The molecule has 1 aliphatic heterocycles. The van der Waals surface area contributed by atoms with E-state index < -0.39 is 0 Å². The Hall–Kier alpha value is -1.56. The molecule has 4 N–H and O–H groups in total. The second kappa shape index (κ2) is 5.83. The zero-order valence-electron chi connectivity index (χ0n) is 12.6. The van der Waals surface area contributed by atoms with Gasteiger partial charge in [-0.15, -0.1) is 0 Å². The number of nitrogens with two attached hydrogens (primary N) is 1. The lowest BCUT2D eigenvalue weighted by atomic mass is 9.80. The highest BCUT2D eigenvalue weighted by Crippen LogP contribution is 2.29. The fourth-order valence-corrected chi connectivity index (χ4v) is 2.54. The van der Waals surface area contributed by atoms with Gasteiger partial charge in [0.15, 0.2) is 5.69 Å². The predicted octanol–water partition coefficient (Wildman–Crippen LogP) is 1.02. The van der Waals surface area contributed by atoms with Crippen LogP contribution in [0.3, 0.4) is 0 Å². The van der Waals surface area contributed by atoms with Gasteiger partial charge in [-0.3, -0.25) is 9.89 Å². The number of hydrogen-bond acceptors (Lipinski definition) is 4. The number of amides is 1. The number of anilines is 1. The van der Waals surface area contributed by atoms with E-state index in [9.17, 15) is 4.79 Å². The number of carbonyl (C=O) groups excluding carboxylic acids is 1. The third-order valence-corrected chi connectivity index (χ3v) is 4.32. The molecule has 1 aromatic rings. The lowest BCUT2D eigenvalue weighted by molar-refractivity contribution is 0.0887. The highest BCUT2D eigenvalue weighted by molar-refractivity contribution is 5.97. The van der Waals surface area contributed by atoms with Gasteiger partial charge in [0.1, 0.15) is 0 Å². The molecule has 2 heterocycles. The number of aromatic nitrogens is 2. The Morgan fingerprint density at radius 1 is 1.50 bits per heavy atom. The van der Waals surface area contributed by atoms with Crippen molar-refractivity contribution in [3.05, 3.63) is 11.4 Å². The summed E-state index contributed by atoms with van der Waals surface area (Å²) in [6.45, 7) is 7.04. The van der Waals surface area contributed by atoms with E-state index in [1.165, 1.54) is 0 Å². The fraction of sp³-hybridized carbons (Fsp3) is 0.714. The van der Waals surface area contributed by atoms with Crippen LogP contribution in [0, 0.1) is 5.41 Å². The number of rotatable bonds is 4. The van der Waals surface area contributed by atoms with E-state index in [0.717, 1.165) is 38.0 Å². The van der Waals surface area contributed by atoms with Crippen LogP contribution in [0.5, 0.6) is 0 Å². The van der Waals surface area contributed by atoms with Crippen molar-refractivity contribution in [2.45, 2.75) is 33.1 Å². The SMILES string of the molecule is CCc1[nH]nc(C(=O)NCC2(C)CCN(C)CC2)c1N. The minimum atomic E-state index is -0.182. The van der Waals surface area contributed by atoms with Crippen LogP contribution in [0.2, 0.25) is 0 Å². The minimum absolute atomic E-state index is 0.167. The minimum Gasteiger partial charge on any atom is -0.395 e. The van der Waals surface area contributed by atoms with Crippen LogP contribution in [0.15, 0.2) is 0 Å². The van der Waals surface area contributed by atoms with Crippen molar-refractivity contribution in [3.8, 4) is 0 Å². The van der Waals surface area contributed by atoms with Gasteiger partial charge in [-0.05, 0) is 44.8 Å². The maximum atomic E-state index is 12.2. The molecule has 1 aromatic heterocycles. The second-order valence-corrected chi connectivity index (χ2v) is 6.11. The van der Waals surface area contributed by atoms with Crippen molar-refractivity contribution >= 4 is 11.6 Å². The Morgan fingerprint density at radius 3 is 2.70 bits per heavy atom. The van der Waals surface area contributed by atoms with Crippen LogP contribution >= 0.6 is 0 Å². The van der Waals surface area contributed by atoms with E-state index >= 15 is 0 Å². The van der Waals surface area contributed by atoms with Crippen molar-refractivity contribution in [2.75, 3.05) is 32.4 Å². The lowest BCUT2D eigenvalue weighted by Gasteiger charge is -2.37. The number of nitrogens with zero attached hydrogens (tertiary/aromatic N) is 2. The van der Waals surface area contributed by atoms with Gasteiger partial charge in [0.2, 0.25) is 0 Å². The molecule has 2 rings (SSSR count). The predicted molar refractivity (Wildman–Crippen MR) is 79.5 cm³/mol. The molecule has 1 fully saturated rings. The van der Waals surface area contributed by atoms with Gasteiger partial charge in [-0.25, -0.2) is 0 Å². The van der Waals surface area contributed by atoms with Gasteiger partial charge in [-0.1, -0.05) is 13.8 Å². The molecule has 20 heavy (non-hydrogen) atoms. The summed E-state index contributed by atoms with van der Waals surface area (Å²) in [5.74, 6) is -0.182. The third-order valence-electron chi connectivity index (χ3n) is 4.32. The fourth-order valence-electron chi connectivity index (χ4n) is 2.54. The van der Waals surface area contributed by atoms with E-state index in [-0.39, 0.29) is 11.3 Å². The van der Waals surface area contributed by atoms with Gasteiger partial charge in [-0.2, -0.15) is 5.10 Å². The van der Waals surface area contributed by atoms with E-state index in [0.29, 0.717) is 17.9 Å². The maximum Gasteiger partial charge on any atom is 0.273 e. The van der Waals surface area contributed by atoms with Crippen molar-refractivity contribution < 1.29 is 4.79 Å². The molecule has 112 valence electrons. The Morgan fingerprint density at radius 2 is 2.15 bits per heavy atom.